The molecule has 112 valence electrons. The van der Waals surface area contributed by atoms with E-state index in [4.69, 9.17) is 4.74 Å². The quantitative estimate of drug-likeness (QED) is 0.863. The lowest BCUT2D eigenvalue weighted by atomic mass is 10.0. The number of halogens is 1. The number of ether oxygens (including phenoxy) is 1. The average molecular weight is 288 g/mol. The highest BCUT2D eigenvalue weighted by Gasteiger charge is 2.10. The predicted octanol–water partition coefficient (Wildman–Crippen LogP) is 4.20. The molecular weight excluding hydrogens is 267 g/mol. The highest BCUT2D eigenvalue weighted by atomic mass is 19.1. The van der Waals surface area contributed by atoms with Crippen LogP contribution in [0.4, 0.5) is 4.39 Å². The van der Waals surface area contributed by atoms with Gasteiger partial charge in [-0.2, -0.15) is 0 Å². The van der Waals surface area contributed by atoms with Crippen molar-refractivity contribution in [2.75, 3.05) is 6.61 Å². The first-order valence-electron chi connectivity index (χ1n) is 7.26. The van der Waals surface area contributed by atoms with E-state index in [1.165, 1.54) is 11.6 Å². The van der Waals surface area contributed by atoms with Crippen molar-refractivity contribution in [2.24, 2.45) is 0 Å². The summed E-state index contributed by atoms with van der Waals surface area (Å²) in [5.74, 6) is -0.234. The first kappa shape index (κ1) is 15.5. The lowest BCUT2D eigenvalue weighted by molar-refractivity contribution is 0.106. The van der Waals surface area contributed by atoms with Gasteiger partial charge in [-0.25, -0.2) is 4.39 Å². The van der Waals surface area contributed by atoms with E-state index in [0.717, 1.165) is 24.0 Å². The van der Waals surface area contributed by atoms with Crippen molar-refractivity contribution >= 4 is 0 Å². The molecule has 0 bridgehead atoms. The van der Waals surface area contributed by atoms with Gasteiger partial charge in [0.2, 0.25) is 0 Å². The molecule has 2 nitrogen and oxygen atoms in total. The lowest BCUT2D eigenvalue weighted by Crippen LogP contribution is -2.10. The van der Waals surface area contributed by atoms with E-state index in [0.29, 0.717) is 0 Å². The molecule has 0 saturated heterocycles. The topological polar surface area (TPSA) is 29.5 Å². The predicted molar refractivity (Wildman–Crippen MR) is 82.0 cm³/mol. The molecule has 1 atom stereocenters. The Bertz CT molecular complexity index is 578. The van der Waals surface area contributed by atoms with Crippen LogP contribution < -0.4 is 4.74 Å². The van der Waals surface area contributed by atoms with Crippen molar-refractivity contribution < 1.29 is 14.2 Å². The molecule has 0 saturated carbocycles. The van der Waals surface area contributed by atoms with Crippen LogP contribution in [0.2, 0.25) is 0 Å². The SMILES string of the molecule is CCCc1ccc(C(O)COc2cc(C)ccc2F)cc1. The molecule has 0 aliphatic heterocycles. The second kappa shape index (κ2) is 7.23. The van der Waals surface area contributed by atoms with E-state index in [1.54, 1.807) is 12.1 Å². The van der Waals surface area contributed by atoms with Crippen molar-refractivity contribution in [3.05, 3.63) is 65.0 Å². The van der Waals surface area contributed by atoms with E-state index in [9.17, 15) is 9.50 Å². The first-order valence-corrected chi connectivity index (χ1v) is 7.26. The third kappa shape index (κ3) is 4.30. The van der Waals surface area contributed by atoms with Gasteiger partial charge in [0.05, 0.1) is 0 Å². The van der Waals surface area contributed by atoms with Gasteiger partial charge in [0.15, 0.2) is 11.6 Å². The van der Waals surface area contributed by atoms with Crippen molar-refractivity contribution in [3.8, 4) is 5.75 Å². The van der Waals surface area contributed by atoms with E-state index in [2.05, 4.69) is 6.92 Å². The van der Waals surface area contributed by atoms with E-state index in [1.807, 2.05) is 31.2 Å². The maximum absolute atomic E-state index is 13.6. The summed E-state index contributed by atoms with van der Waals surface area (Å²) in [7, 11) is 0. The number of rotatable bonds is 6. The molecule has 0 radical (unpaired) electrons. The standard InChI is InChI=1S/C18H21FO2/c1-3-4-14-6-8-15(9-7-14)17(20)12-21-18-11-13(2)5-10-16(18)19/h5-11,17,20H,3-4,12H2,1-2H3. The normalized spacial score (nSPS) is 12.2. The summed E-state index contributed by atoms with van der Waals surface area (Å²) in [6, 6.07) is 12.5. The Hall–Kier alpha value is -1.87. The van der Waals surface area contributed by atoms with Crippen LogP contribution in [0.5, 0.6) is 5.75 Å². The number of hydrogen-bond donors (Lipinski definition) is 1. The van der Waals surface area contributed by atoms with Gasteiger partial charge in [-0.05, 0) is 42.2 Å². The second-order valence-electron chi connectivity index (χ2n) is 5.25. The zero-order valence-corrected chi connectivity index (χ0v) is 12.5. The Morgan fingerprint density at radius 1 is 1.14 bits per heavy atom. The zero-order valence-electron chi connectivity index (χ0n) is 12.5. The molecule has 1 N–H and O–H groups in total. The maximum Gasteiger partial charge on any atom is 0.165 e. The molecule has 21 heavy (non-hydrogen) atoms. The Morgan fingerprint density at radius 2 is 1.86 bits per heavy atom. The van der Waals surface area contributed by atoms with Crippen molar-refractivity contribution in [2.45, 2.75) is 32.8 Å². The largest absolute Gasteiger partial charge is 0.487 e. The van der Waals surface area contributed by atoms with Gasteiger partial charge in [0.1, 0.15) is 12.7 Å². The molecule has 0 heterocycles. The minimum atomic E-state index is -0.763. The summed E-state index contributed by atoms with van der Waals surface area (Å²) < 4.78 is 18.9. The van der Waals surface area contributed by atoms with Crippen molar-refractivity contribution in [3.63, 3.8) is 0 Å². The van der Waals surface area contributed by atoms with Gasteiger partial charge in [0.25, 0.3) is 0 Å². The highest BCUT2D eigenvalue weighted by Crippen LogP contribution is 2.21. The second-order valence-corrected chi connectivity index (χ2v) is 5.25. The third-order valence-electron chi connectivity index (χ3n) is 3.39. The minimum Gasteiger partial charge on any atom is -0.487 e. The zero-order chi connectivity index (χ0) is 15.2. The fourth-order valence-corrected chi connectivity index (χ4v) is 2.18. The Kier molecular flexibility index (Phi) is 5.34. The molecule has 2 rings (SSSR count). The Morgan fingerprint density at radius 3 is 2.52 bits per heavy atom. The van der Waals surface area contributed by atoms with Crippen LogP contribution in [0, 0.1) is 12.7 Å². The molecular formula is C18H21FO2. The highest BCUT2D eigenvalue weighted by molar-refractivity contribution is 5.30. The lowest BCUT2D eigenvalue weighted by Gasteiger charge is -2.14. The summed E-state index contributed by atoms with van der Waals surface area (Å²) in [5, 5.41) is 10.1. The number of aliphatic hydroxyl groups excluding tert-OH is 1. The number of benzene rings is 2. The van der Waals surface area contributed by atoms with Crippen LogP contribution in [0.1, 0.15) is 36.1 Å². The van der Waals surface area contributed by atoms with Crippen LogP contribution in [0.3, 0.4) is 0 Å². The fraction of sp³-hybridized carbons (Fsp3) is 0.333. The molecule has 0 amide bonds. The molecule has 3 heteroatoms. The van der Waals surface area contributed by atoms with Crippen LogP contribution in [-0.2, 0) is 6.42 Å². The third-order valence-corrected chi connectivity index (χ3v) is 3.39. The average Bonchev–Trinajstić information content (AvgIpc) is 2.49. The minimum absolute atomic E-state index is 0.0352. The van der Waals surface area contributed by atoms with Crippen LogP contribution in [-0.4, -0.2) is 11.7 Å². The molecule has 1 unspecified atom stereocenters. The Labute approximate surface area is 125 Å². The summed E-state index contributed by atoms with van der Waals surface area (Å²) in [6.45, 7) is 4.04. The van der Waals surface area contributed by atoms with Crippen LogP contribution in [0.15, 0.2) is 42.5 Å². The van der Waals surface area contributed by atoms with Crippen LogP contribution in [0.25, 0.3) is 0 Å². The van der Waals surface area contributed by atoms with Crippen molar-refractivity contribution in [1.82, 2.24) is 0 Å². The van der Waals surface area contributed by atoms with Gasteiger partial charge in [-0.1, -0.05) is 43.7 Å². The number of aliphatic hydroxyl groups is 1. The monoisotopic (exact) mass is 288 g/mol. The summed E-state index contributed by atoms with van der Waals surface area (Å²) in [6.07, 6.45) is 1.36. The van der Waals surface area contributed by atoms with E-state index < -0.39 is 11.9 Å². The molecule has 0 fully saturated rings. The van der Waals surface area contributed by atoms with E-state index >= 15 is 0 Å². The van der Waals surface area contributed by atoms with Gasteiger partial charge < -0.3 is 9.84 Å². The maximum atomic E-state index is 13.6. The van der Waals surface area contributed by atoms with Crippen LogP contribution >= 0.6 is 0 Å². The Balaban J connectivity index is 1.97. The van der Waals surface area contributed by atoms with Gasteiger partial charge in [-0.3, -0.25) is 0 Å². The van der Waals surface area contributed by atoms with Gasteiger partial charge in [0, 0.05) is 0 Å². The molecule has 0 spiro atoms. The molecule has 0 aliphatic rings. The smallest absolute Gasteiger partial charge is 0.165 e. The molecule has 0 aromatic heterocycles. The summed E-state index contributed by atoms with van der Waals surface area (Å²) in [5.41, 5.74) is 2.95. The number of hydrogen-bond acceptors (Lipinski definition) is 2. The van der Waals surface area contributed by atoms with Gasteiger partial charge >= 0.3 is 0 Å². The molecule has 2 aromatic rings. The summed E-state index contributed by atoms with van der Waals surface area (Å²) in [4.78, 5) is 0. The van der Waals surface area contributed by atoms with E-state index in [-0.39, 0.29) is 12.4 Å². The van der Waals surface area contributed by atoms with Gasteiger partial charge in [-0.15, -0.1) is 0 Å². The molecule has 0 aliphatic carbocycles. The first-order chi connectivity index (χ1) is 10.1. The molecule has 2 aromatic carbocycles. The number of aryl methyl sites for hydroxylation is 2. The fourth-order valence-electron chi connectivity index (χ4n) is 2.18. The van der Waals surface area contributed by atoms with Crippen molar-refractivity contribution in [1.29, 1.82) is 0 Å². The summed E-state index contributed by atoms with van der Waals surface area (Å²) >= 11 is 0.